The van der Waals surface area contributed by atoms with Crippen molar-refractivity contribution < 1.29 is 18.4 Å². The molecule has 2 heterocycles. The van der Waals surface area contributed by atoms with Crippen LogP contribution in [0.3, 0.4) is 0 Å². The van der Waals surface area contributed by atoms with Crippen molar-refractivity contribution in [2.75, 3.05) is 6.61 Å². The van der Waals surface area contributed by atoms with Crippen molar-refractivity contribution in [1.29, 1.82) is 0 Å². The van der Waals surface area contributed by atoms with E-state index in [1.807, 2.05) is 19.9 Å². The minimum absolute atomic E-state index is 0.241. The van der Waals surface area contributed by atoms with Gasteiger partial charge in [0, 0.05) is 17.5 Å². The number of hydrogen-bond acceptors (Lipinski definition) is 5. The summed E-state index contributed by atoms with van der Waals surface area (Å²) in [5.41, 5.74) is -0.0184. The van der Waals surface area contributed by atoms with Crippen LogP contribution in [0.1, 0.15) is 28.8 Å². The highest BCUT2D eigenvalue weighted by Crippen LogP contribution is 2.23. The Morgan fingerprint density at radius 3 is 2.71 bits per heavy atom. The van der Waals surface area contributed by atoms with Crippen molar-refractivity contribution in [1.82, 2.24) is 5.32 Å². The fourth-order valence-corrected chi connectivity index (χ4v) is 2.43. The molecule has 0 radical (unpaired) electrons. The maximum absolute atomic E-state index is 12.4. The summed E-state index contributed by atoms with van der Waals surface area (Å²) in [6.45, 7) is 4.43. The molecule has 2 aromatic heterocycles. The Balaban J connectivity index is 1.89. The highest BCUT2D eigenvalue weighted by atomic mass is 16.5. The van der Waals surface area contributed by atoms with Crippen LogP contribution in [0.25, 0.3) is 11.0 Å². The van der Waals surface area contributed by atoms with Gasteiger partial charge in [0.15, 0.2) is 0 Å². The number of rotatable bonds is 5. The minimum Gasteiger partial charge on any atom is -0.494 e. The molecule has 1 amide bonds. The SMILES string of the molecule is CCOc1ccc2c(C(=O)NCc3ccc(C)o3)cc(=O)oc2c1. The molecule has 3 rings (SSSR count). The first-order chi connectivity index (χ1) is 11.6. The lowest BCUT2D eigenvalue weighted by molar-refractivity contribution is 0.0949. The summed E-state index contributed by atoms with van der Waals surface area (Å²) in [6, 6.07) is 9.84. The standard InChI is InChI=1S/C18H17NO5/c1-3-22-12-6-7-14-15(9-17(20)24-16(14)8-12)18(21)19-10-13-5-4-11(2)23-13/h4-9H,3,10H2,1-2H3,(H,19,21). The molecule has 0 saturated carbocycles. The first-order valence-electron chi connectivity index (χ1n) is 7.61. The number of aryl methyl sites for hydroxylation is 1. The summed E-state index contributed by atoms with van der Waals surface area (Å²) in [6.07, 6.45) is 0. The van der Waals surface area contributed by atoms with Crippen LogP contribution in [-0.4, -0.2) is 12.5 Å². The van der Waals surface area contributed by atoms with Crippen molar-refractivity contribution in [3.05, 3.63) is 63.9 Å². The number of ether oxygens (including phenoxy) is 1. The second-order valence-corrected chi connectivity index (χ2v) is 5.27. The molecular formula is C18H17NO5. The second kappa shape index (κ2) is 6.62. The van der Waals surface area contributed by atoms with E-state index in [0.29, 0.717) is 29.1 Å². The van der Waals surface area contributed by atoms with Crippen LogP contribution in [0, 0.1) is 6.92 Å². The van der Waals surface area contributed by atoms with Crippen LogP contribution in [0.2, 0.25) is 0 Å². The molecule has 6 nitrogen and oxygen atoms in total. The van der Waals surface area contributed by atoms with E-state index in [2.05, 4.69) is 5.32 Å². The van der Waals surface area contributed by atoms with E-state index < -0.39 is 5.63 Å². The largest absolute Gasteiger partial charge is 0.494 e. The Morgan fingerprint density at radius 1 is 1.17 bits per heavy atom. The summed E-state index contributed by atoms with van der Waals surface area (Å²) in [5.74, 6) is 1.63. The number of carbonyl (C=O) groups is 1. The van der Waals surface area contributed by atoms with Crippen LogP contribution in [0.15, 0.2) is 50.0 Å². The van der Waals surface area contributed by atoms with Gasteiger partial charge < -0.3 is 18.9 Å². The zero-order valence-electron chi connectivity index (χ0n) is 13.4. The Bertz CT molecular complexity index is 938. The molecule has 0 spiro atoms. The van der Waals surface area contributed by atoms with Crippen molar-refractivity contribution in [3.63, 3.8) is 0 Å². The topological polar surface area (TPSA) is 81.7 Å². The van der Waals surface area contributed by atoms with Gasteiger partial charge in [-0.1, -0.05) is 0 Å². The van der Waals surface area contributed by atoms with Crippen LogP contribution in [-0.2, 0) is 6.54 Å². The molecule has 1 N–H and O–H groups in total. The summed E-state index contributed by atoms with van der Waals surface area (Å²) < 4.78 is 16.0. The maximum Gasteiger partial charge on any atom is 0.337 e. The molecule has 0 atom stereocenters. The molecule has 0 aliphatic rings. The van der Waals surface area contributed by atoms with Gasteiger partial charge in [0.1, 0.15) is 22.9 Å². The van der Waals surface area contributed by atoms with E-state index in [1.54, 1.807) is 24.3 Å². The normalized spacial score (nSPS) is 10.8. The van der Waals surface area contributed by atoms with Gasteiger partial charge in [0.25, 0.3) is 5.91 Å². The van der Waals surface area contributed by atoms with Crippen molar-refractivity contribution in [2.45, 2.75) is 20.4 Å². The van der Waals surface area contributed by atoms with Crippen LogP contribution in [0.5, 0.6) is 5.75 Å². The van der Waals surface area contributed by atoms with E-state index in [4.69, 9.17) is 13.6 Å². The quantitative estimate of drug-likeness (QED) is 0.728. The van der Waals surface area contributed by atoms with E-state index >= 15 is 0 Å². The molecule has 0 aliphatic heterocycles. The molecule has 6 heteroatoms. The number of amides is 1. The lowest BCUT2D eigenvalue weighted by Crippen LogP contribution is -2.24. The molecule has 0 bridgehead atoms. The van der Waals surface area contributed by atoms with Gasteiger partial charge in [-0.2, -0.15) is 0 Å². The highest BCUT2D eigenvalue weighted by molar-refractivity contribution is 6.05. The van der Waals surface area contributed by atoms with Crippen LogP contribution < -0.4 is 15.7 Å². The number of fused-ring (bicyclic) bond motifs is 1. The predicted octanol–water partition coefficient (Wildman–Crippen LogP) is 3.02. The van der Waals surface area contributed by atoms with Crippen molar-refractivity contribution in [2.24, 2.45) is 0 Å². The second-order valence-electron chi connectivity index (χ2n) is 5.27. The van der Waals surface area contributed by atoms with E-state index in [-0.39, 0.29) is 18.0 Å². The van der Waals surface area contributed by atoms with Gasteiger partial charge in [-0.15, -0.1) is 0 Å². The molecule has 24 heavy (non-hydrogen) atoms. The first-order valence-corrected chi connectivity index (χ1v) is 7.61. The molecule has 0 unspecified atom stereocenters. The fourth-order valence-electron chi connectivity index (χ4n) is 2.43. The van der Waals surface area contributed by atoms with Gasteiger partial charge in [-0.05, 0) is 38.1 Å². The third kappa shape index (κ3) is 3.32. The highest BCUT2D eigenvalue weighted by Gasteiger charge is 2.14. The predicted molar refractivity (Wildman–Crippen MR) is 88.3 cm³/mol. The minimum atomic E-state index is -0.588. The zero-order chi connectivity index (χ0) is 17.1. The Kier molecular flexibility index (Phi) is 4.37. The smallest absolute Gasteiger partial charge is 0.337 e. The summed E-state index contributed by atoms with van der Waals surface area (Å²) in [5, 5.41) is 3.29. The Hall–Kier alpha value is -3.02. The molecule has 3 aromatic rings. The monoisotopic (exact) mass is 327 g/mol. The Morgan fingerprint density at radius 2 is 2.00 bits per heavy atom. The average Bonchev–Trinajstić information content (AvgIpc) is 2.97. The van der Waals surface area contributed by atoms with Gasteiger partial charge >= 0.3 is 5.63 Å². The van der Waals surface area contributed by atoms with Crippen LogP contribution >= 0.6 is 0 Å². The summed E-state index contributed by atoms with van der Waals surface area (Å²) >= 11 is 0. The van der Waals surface area contributed by atoms with Crippen LogP contribution in [0.4, 0.5) is 0 Å². The lowest BCUT2D eigenvalue weighted by Gasteiger charge is -2.08. The molecule has 1 aromatic carbocycles. The summed E-state index contributed by atoms with van der Waals surface area (Å²) in [7, 11) is 0. The average molecular weight is 327 g/mol. The molecule has 0 aliphatic carbocycles. The number of hydrogen-bond donors (Lipinski definition) is 1. The van der Waals surface area contributed by atoms with E-state index in [0.717, 1.165) is 5.76 Å². The number of carbonyl (C=O) groups excluding carboxylic acids is 1. The Labute approximate surface area is 138 Å². The molecule has 124 valence electrons. The first kappa shape index (κ1) is 15.9. The number of benzene rings is 1. The van der Waals surface area contributed by atoms with Gasteiger partial charge in [-0.3, -0.25) is 4.79 Å². The van der Waals surface area contributed by atoms with Crippen molar-refractivity contribution in [3.8, 4) is 5.75 Å². The fraction of sp³-hybridized carbons (Fsp3) is 0.222. The van der Waals surface area contributed by atoms with E-state index in [1.165, 1.54) is 6.07 Å². The van der Waals surface area contributed by atoms with Gasteiger partial charge in [0.2, 0.25) is 0 Å². The molecule has 0 saturated heterocycles. The number of nitrogens with one attached hydrogen (secondary N) is 1. The van der Waals surface area contributed by atoms with Gasteiger partial charge in [0.05, 0.1) is 18.7 Å². The number of furan rings is 1. The summed E-state index contributed by atoms with van der Waals surface area (Å²) in [4.78, 5) is 24.2. The van der Waals surface area contributed by atoms with Gasteiger partial charge in [-0.25, -0.2) is 4.79 Å². The zero-order valence-corrected chi connectivity index (χ0v) is 13.4. The third-order valence-electron chi connectivity index (χ3n) is 3.49. The third-order valence-corrected chi connectivity index (χ3v) is 3.49. The molecular weight excluding hydrogens is 310 g/mol. The maximum atomic E-state index is 12.4. The van der Waals surface area contributed by atoms with Crippen molar-refractivity contribution >= 4 is 16.9 Å². The van der Waals surface area contributed by atoms with E-state index in [9.17, 15) is 9.59 Å². The lowest BCUT2D eigenvalue weighted by atomic mass is 10.1. The molecule has 0 fully saturated rings.